The molecule has 9 nitrogen and oxygen atoms in total. The first-order chi connectivity index (χ1) is 19.2. The van der Waals surface area contributed by atoms with E-state index in [0.29, 0.717) is 22.5 Å². The van der Waals surface area contributed by atoms with Crippen LogP contribution in [0.5, 0.6) is 5.88 Å². The average molecular weight is 553 g/mol. The van der Waals surface area contributed by atoms with Crippen LogP contribution in [-0.2, 0) is 42.1 Å². The number of hydrogen-bond acceptors (Lipinski definition) is 7. The Morgan fingerprint density at radius 2 is 1.90 bits per heavy atom. The number of carbonyl (C=O) groups is 1. The minimum Gasteiger partial charge on any atom is -0.480 e. The number of ether oxygens (including phenoxy) is 2. The van der Waals surface area contributed by atoms with Crippen molar-refractivity contribution < 1.29 is 27.4 Å². The Labute approximate surface area is 228 Å². The molecule has 0 saturated heterocycles. The summed E-state index contributed by atoms with van der Waals surface area (Å²) in [7, 11) is 4.84. The monoisotopic (exact) mass is 552 g/mol. The van der Waals surface area contributed by atoms with Gasteiger partial charge in [0.1, 0.15) is 17.8 Å². The van der Waals surface area contributed by atoms with Gasteiger partial charge in [0.15, 0.2) is 5.69 Å². The summed E-state index contributed by atoms with van der Waals surface area (Å²) in [5.41, 5.74) is 2.33. The molecule has 4 heterocycles. The first kappa shape index (κ1) is 27.3. The van der Waals surface area contributed by atoms with Crippen molar-refractivity contribution in [2.24, 2.45) is 7.05 Å². The van der Waals surface area contributed by atoms with Crippen molar-refractivity contribution in [2.75, 3.05) is 27.4 Å². The molecule has 0 radical (unpaired) electrons. The van der Waals surface area contributed by atoms with Crippen LogP contribution in [0.25, 0.3) is 28.4 Å². The van der Waals surface area contributed by atoms with Gasteiger partial charge in [0, 0.05) is 44.3 Å². The van der Waals surface area contributed by atoms with Gasteiger partial charge in [-0.2, -0.15) is 13.2 Å². The minimum absolute atomic E-state index is 0.000486. The maximum atomic E-state index is 13.8. The largest absolute Gasteiger partial charge is 0.480 e. The number of nitrogens with zero attached hydrogens (tertiary/aromatic N) is 6. The number of hydrogen-bond donors (Lipinski definition) is 0. The van der Waals surface area contributed by atoms with Gasteiger partial charge in [0.2, 0.25) is 11.8 Å². The zero-order valence-electron chi connectivity index (χ0n) is 22.2. The van der Waals surface area contributed by atoms with Crippen LogP contribution in [0.1, 0.15) is 28.3 Å². The van der Waals surface area contributed by atoms with E-state index in [-0.39, 0.29) is 55.5 Å². The van der Waals surface area contributed by atoms with Crippen LogP contribution in [-0.4, -0.2) is 62.7 Å². The number of benzene rings is 1. The summed E-state index contributed by atoms with van der Waals surface area (Å²) in [6.45, 7) is 0.231. The number of halogens is 3. The van der Waals surface area contributed by atoms with E-state index in [1.807, 2.05) is 41.9 Å². The molecule has 208 valence electrons. The van der Waals surface area contributed by atoms with Gasteiger partial charge in [-0.1, -0.05) is 30.3 Å². The molecule has 0 fully saturated rings. The van der Waals surface area contributed by atoms with E-state index in [4.69, 9.17) is 9.47 Å². The SMILES string of the molecule is COCCc1nc2c(c(C(F)(F)F)n1)CCN(C(=O)/C=C/c1c(-c3ccccc3)n(C)c3ncnc(OC)c13)C2. The zero-order valence-corrected chi connectivity index (χ0v) is 22.2. The summed E-state index contributed by atoms with van der Waals surface area (Å²) in [5.74, 6) is 0.0398. The summed E-state index contributed by atoms with van der Waals surface area (Å²) in [6.07, 6.45) is 0.0192. The molecule has 3 aromatic heterocycles. The molecule has 0 spiro atoms. The molecule has 40 heavy (non-hydrogen) atoms. The molecular weight excluding hydrogens is 525 g/mol. The number of aromatic nitrogens is 5. The van der Waals surface area contributed by atoms with Crippen LogP contribution in [0.15, 0.2) is 42.7 Å². The van der Waals surface area contributed by atoms with Gasteiger partial charge in [0.25, 0.3) is 0 Å². The van der Waals surface area contributed by atoms with Crippen molar-refractivity contribution in [1.29, 1.82) is 0 Å². The average Bonchev–Trinajstić information content (AvgIpc) is 3.25. The van der Waals surface area contributed by atoms with Gasteiger partial charge in [-0.05, 0) is 18.1 Å². The summed E-state index contributed by atoms with van der Waals surface area (Å²) < 4.78 is 53.7. The molecule has 0 bridgehead atoms. The van der Waals surface area contributed by atoms with Crippen LogP contribution >= 0.6 is 0 Å². The fraction of sp³-hybridized carbons (Fsp3) is 0.321. The maximum Gasteiger partial charge on any atom is 0.433 e. The van der Waals surface area contributed by atoms with E-state index in [1.54, 1.807) is 6.08 Å². The predicted octanol–water partition coefficient (Wildman–Crippen LogP) is 4.24. The second-order valence-corrected chi connectivity index (χ2v) is 9.27. The first-order valence-electron chi connectivity index (χ1n) is 12.6. The topological polar surface area (TPSA) is 95.3 Å². The van der Waals surface area contributed by atoms with Gasteiger partial charge in [0.05, 0.1) is 37.0 Å². The van der Waals surface area contributed by atoms with E-state index in [2.05, 4.69) is 19.9 Å². The number of alkyl halides is 3. The van der Waals surface area contributed by atoms with Gasteiger partial charge in [-0.3, -0.25) is 4.79 Å². The third-order valence-corrected chi connectivity index (χ3v) is 6.82. The summed E-state index contributed by atoms with van der Waals surface area (Å²) in [4.78, 5) is 31.6. The van der Waals surface area contributed by atoms with Crippen molar-refractivity contribution >= 4 is 23.0 Å². The van der Waals surface area contributed by atoms with E-state index < -0.39 is 11.9 Å². The van der Waals surface area contributed by atoms with Crippen LogP contribution in [0.3, 0.4) is 0 Å². The number of rotatable bonds is 7. The molecule has 0 saturated carbocycles. The molecule has 0 N–H and O–H groups in total. The number of aryl methyl sites for hydroxylation is 1. The normalized spacial score (nSPS) is 13.7. The van der Waals surface area contributed by atoms with Gasteiger partial charge >= 0.3 is 6.18 Å². The molecule has 0 unspecified atom stereocenters. The van der Waals surface area contributed by atoms with Crippen LogP contribution in [0.4, 0.5) is 13.2 Å². The number of fused-ring (bicyclic) bond motifs is 2. The van der Waals surface area contributed by atoms with E-state index in [0.717, 1.165) is 11.3 Å². The minimum atomic E-state index is -4.62. The van der Waals surface area contributed by atoms with E-state index in [9.17, 15) is 18.0 Å². The Kier molecular flexibility index (Phi) is 7.53. The van der Waals surface area contributed by atoms with E-state index >= 15 is 0 Å². The Morgan fingerprint density at radius 1 is 1.12 bits per heavy atom. The van der Waals surface area contributed by atoms with Crippen LogP contribution in [0.2, 0.25) is 0 Å². The summed E-state index contributed by atoms with van der Waals surface area (Å²) in [5, 5.41) is 0.643. The molecule has 1 aromatic carbocycles. The quantitative estimate of drug-likeness (QED) is 0.317. The molecule has 0 atom stereocenters. The second kappa shape index (κ2) is 11.0. The fourth-order valence-electron chi connectivity index (χ4n) is 4.99. The van der Waals surface area contributed by atoms with Crippen molar-refractivity contribution in [3.8, 4) is 17.1 Å². The molecule has 0 aliphatic carbocycles. The molecule has 1 aliphatic heterocycles. The van der Waals surface area contributed by atoms with E-state index in [1.165, 1.54) is 31.5 Å². The zero-order chi connectivity index (χ0) is 28.4. The number of amides is 1. The Balaban J connectivity index is 1.50. The second-order valence-electron chi connectivity index (χ2n) is 9.27. The lowest BCUT2D eigenvalue weighted by Crippen LogP contribution is -2.37. The molecule has 1 amide bonds. The third kappa shape index (κ3) is 5.14. The molecule has 12 heteroatoms. The van der Waals surface area contributed by atoms with Gasteiger partial charge in [-0.25, -0.2) is 19.9 Å². The van der Waals surface area contributed by atoms with Crippen LogP contribution in [0, 0.1) is 0 Å². The highest BCUT2D eigenvalue weighted by Crippen LogP contribution is 2.37. The maximum absolute atomic E-state index is 13.8. The highest BCUT2D eigenvalue weighted by Gasteiger charge is 2.39. The predicted molar refractivity (Wildman–Crippen MR) is 141 cm³/mol. The van der Waals surface area contributed by atoms with Gasteiger partial charge < -0.3 is 18.9 Å². The fourth-order valence-corrected chi connectivity index (χ4v) is 4.99. The number of carbonyl (C=O) groups excluding carboxylic acids is 1. The lowest BCUT2D eigenvalue weighted by molar-refractivity contribution is -0.142. The van der Waals surface area contributed by atoms with Crippen molar-refractivity contribution in [1.82, 2.24) is 29.4 Å². The smallest absolute Gasteiger partial charge is 0.433 e. The Morgan fingerprint density at radius 3 is 2.60 bits per heavy atom. The lowest BCUT2D eigenvalue weighted by atomic mass is 10.0. The highest BCUT2D eigenvalue weighted by molar-refractivity contribution is 6.02. The molecule has 1 aliphatic rings. The molecule has 5 rings (SSSR count). The Bertz CT molecular complexity index is 1580. The third-order valence-electron chi connectivity index (χ3n) is 6.82. The lowest BCUT2D eigenvalue weighted by Gasteiger charge is -2.29. The number of methoxy groups -OCH3 is 2. The standard InChI is InChI=1S/C28H27F3N6O3/c1-36-24(17-7-5-4-6-8-17)19(23-26(36)32-16-33-27(23)40-3)9-10-22(38)37-13-11-18-20(15-37)34-21(12-14-39-2)35-25(18)28(29,30)31/h4-10,16H,11-15H2,1-3H3/b10-9+. The van der Waals surface area contributed by atoms with Crippen molar-refractivity contribution in [3.05, 3.63) is 71.1 Å². The van der Waals surface area contributed by atoms with Crippen molar-refractivity contribution in [3.63, 3.8) is 0 Å². The summed E-state index contributed by atoms with van der Waals surface area (Å²) in [6, 6.07) is 9.64. The van der Waals surface area contributed by atoms with Gasteiger partial charge in [-0.15, -0.1) is 0 Å². The Hall–Kier alpha value is -4.32. The molecular formula is C28H27F3N6O3. The summed E-state index contributed by atoms with van der Waals surface area (Å²) >= 11 is 0. The van der Waals surface area contributed by atoms with Crippen LogP contribution < -0.4 is 4.74 Å². The highest BCUT2D eigenvalue weighted by atomic mass is 19.4. The van der Waals surface area contributed by atoms with Crippen molar-refractivity contribution in [2.45, 2.75) is 25.6 Å². The molecule has 4 aromatic rings. The first-order valence-corrected chi connectivity index (χ1v) is 12.6.